The Morgan fingerprint density at radius 2 is 1.84 bits per heavy atom. The first kappa shape index (κ1) is 17.1. The monoisotopic (exact) mass is 356 g/mol. The summed E-state index contributed by atoms with van der Waals surface area (Å²) in [6.07, 6.45) is 0. The van der Waals surface area contributed by atoms with E-state index in [1.165, 1.54) is 0 Å². The molecule has 1 heterocycles. The number of carbonyl (C=O) groups is 1. The van der Waals surface area contributed by atoms with Gasteiger partial charge in [-0.1, -0.05) is 34.5 Å². The highest BCUT2D eigenvalue weighted by atomic mass is 35.5. The number of anilines is 1. The lowest BCUT2D eigenvalue weighted by molar-refractivity contribution is 0.101. The Morgan fingerprint density at radius 1 is 1.16 bits per heavy atom. The van der Waals surface area contributed by atoms with Crippen LogP contribution in [0.4, 0.5) is 5.69 Å². The zero-order chi connectivity index (χ0) is 17.8. The third-order valence-electron chi connectivity index (χ3n) is 3.64. The topological polar surface area (TPSA) is 69.0 Å². The molecule has 2 aromatic carbocycles. The number of methoxy groups -OCH3 is 1. The lowest BCUT2D eigenvalue weighted by Crippen LogP contribution is -2.16. The molecule has 1 N–H and O–H groups in total. The van der Waals surface area contributed by atoms with Crippen molar-refractivity contribution in [3.8, 4) is 5.69 Å². The summed E-state index contributed by atoms with van der Waals surface area (Å²) >= 11 is 5.86. The van der Waals surface area contributed by atoms with Gasteiger partial charge in [-0.2, -0.15) is 0 Å². The molecule has 1 aromatic heterocycles. The summed E-state index contributed by atoms with van der Waals surface area (Å²) in [4.78, 5) is 12.6. The Kier molecular flexibility index (Phi) is 5.11. The van der Waals surface area contributed by atoms with E-state index in [9.17, 15) is 4.79 Å². The maximum Gasteiger partial charge on any atom is 0.278 e. The van der Waals surface area contributed by atoms with Crippen molar-refractivity contribution in [2.24, 2.45) is 0 Å². The van der Waals surface area contributed by atoms with Crippen LogP contribution in [-0.4, -0.2) is 28.0 Å². The van der Waals surface area contributed by atoms with Crippen molar-refractivity contribution in [2.45, 2.75) is 13.5 Å². The van der Waals surface area contributed by atoms with Gasteiger partial charge in [0.05, 0.1) is 12.3 Å². The van der Waals surface area contributed by atoms with Crippen molar-refractivity contribution >= 4 is 23.2 Å². The predicted molar refractivity (Wildman–Crippen MR) is 96.2 cm³/mol. The number of carbonyl (C=O) groups excluding carboxylic acids is 1. The number of benzene rings is 2. The highest BCUT2D eigenvalue weighted by Crippen LogP contribution is 2.18. The minimum absolute atomic E-state index is 0.213. The molecule has 1 amide bonds. The van der Waals surface area contributed by atoms with E-state index in [0.29, 0.717) is 16.4 Å². The molecule has 0 aliphatic heterocycles. The van der Waals surface area contributed by atoms with E-state index in [1.54, 1.807) is 36.1 Å². The molecule has 0 aliphatic rings. The zero-order valence-electron chi connectivity index (χ0n) is 13.9. The molecular weight excluding hydrogens is 340 g/mol. The van der Waals surface area contributed by atoms with Crippen LogP contribution in [0.5, 0.6) is 0 Å². The third kappa shape index (κ3) is 3.87. The first-order valence-corrected chi connectivity index (χ1v) is 8.04. The second-order valence-electron chi connectivity index (χ2n) is 5.53. The quantitative estimate of drug-likeness (QED) is 0.758. The number of hydrogen-bond donors (Lipinski definition) is 1. The minimum atomic E-state index is -0.354. The number of nitrogens with zero attached hydrogens (tertiary/aromatic N) is 3. The van der Waals surface area contributed by atoms with Crippen molar-refractivity contribution in [3.05, 3.63) is 70.5 Å². The fourth-order valence-corrected chi connectivity index (χ4v) is 2.49. The standard InChI is InChI=1S/C18H17ClN4O2/c1-12-3-9-15(10-4-12)23-16(11-25-2)17(21-22-23)18(24)20-14-7-5-13(19)6-8-14/h3-10H,11H2,1-2H3,(H,20,24). The number of rotatable bonds is 5. The Labute approximate surface area is 150 Å². The average molecular weight is 357 g/mol. The van der Waals surface area contributed by atoms with Crippen LogP contribution < -0.4 is 5.32 Å². The van der Waals surface area contributed by atoms with Crippen LogP contribution in [0.25, 0.3) is 5.69 Å². The number of halogens is 1. The molecule has 3 aromatic rings. The van der Waals surface area contributed by atoms with E-state index in [0.717, 1.165) is 11.3 Å². The van der Waals surface area contributed by atoms with Gasteiger partial charge in [0.25, 0.3) is 5.91 Å². The molecule has 0 saturated carbocycles. The summed E-state index contributed by atoms with van der Waals surface area (Å²) < 4.78 is 6.84. The van der Waals surface area contributed by atoms with Gasteiger partial charge in [0.1, 0.15) is 5.69 Å². The van der Waals surface area contributed by atoms with Crippen LogP contribution >= 0.6 is 11.6 Å². The van der Waals surface area contributed by atoms with E-state index < -0.39 is 0 Å². The van der Waals surface area contributed by atoms with Crippen LogP contribution in [0.3, 0.4) is 0 Å². The molecular formula is C18H17ClN4O2. The van der Waals surface area contributed by atoms with Crippen molar-refractivity contribution in [1.29, 1.82) is 0 Å². The van der Waals surface area contributed by atoms with E-state index >= 15 is 0 Å². The summed E-state index contributed by atoms with van der Waals surface area (Å²) in [6, 6.07) is 14.6. The lowest BCUT2D eigenvalue weighted by Gasteiger charge is -2.08. The largest absolute Gasteiger partial charge is 0.378 e. The van der Waals surface area contributed by atoms with Crippen molar-refractivity contribution in [3.63, 3.8) is 0 Å². The van der Waals surface area contributed by atoms with Crippen molar-refractivity contribution in [2.75, 3.05) is 12.4 Å². The lowest BCUT2D eigenvalue weighted by atomic mass is 10.2. The number of aromatic nitrogens is 3. The van der Waals surface area contributed by atoms with E-state index in [1.807, 2.05) is 31.2 Å². The maximum atomic E-state index is 12.6. The Balaban J connectivity index is 1.91. The minimum Gasteiger partial charge on any atom is -0.378 e. The normalized spacial score (nSPS) is 10.7. The van der Waals surface area contributed by atoms with Gasteiger partial charge in [-0.05, 0) is 43.3 Å². The van der Waals surface area contributed by atoms with E-state index in [2.05, 4.69) is 15.6 Å². The molecule has 3 rings (SSSR count). The molecule has 0 unspecified atom stereocenters. The van der Waals surface area contributed by atoms with Crippen molar-refractivity contribution in [1.82, 2.24) is 15.0 Å². The second-order valence-corrected chi connectivity index (χ2v) is 5.96. The molecule has 7 heteroatoms. The molecule has 0 atom stereocenters. The summed E-state index contributed by atoms with van der Waals surface area (Å²) in [5, 5.41) is 11.5. The first-order valence-electron chi connectivity index (χ1n) is 7.66. The zero-order valence-corrected chi connectivity index (χ0v) is 14.6. The van der Waals surface area contributed by atoms with Gasteiger partial charge in [0.2, 0.25) is 0 Å². The SMILES string of the molecule is COCc1c(C(=O)Nc2ccc(Cl)cc2)nnn1-c1ccc(C)cc1. The van der Waals surface area contributed by atoms with E-state index in [4.69, 9.17) is 16.3 Å². The molecule has 0 fully saturated rings. The Morgan fingerprint density at radius 3 is 2.48 bits per heavy atom. The van der Waals surface area contributed by atoms with Gasteiger partial charge in [-0.15, -0.1) is 5.10 Å². The fraction of sp³-hybridized carbons (Fsp3) is 0.167. The van der Waals surface area contributed by atoms with Crippen LogP contribution in [0.15, 0.2) is 48.5 Å². The average Bonchev–Trinajstić information content (AvgIpc) is 3.02. The van der Waals surface area contributed by atoms with E-state index in [-0.39, 0.29) is 18.2 Å². The molecule has 0 aliphatic carbocycles. The second kappa shape index (κ2) is 7.46. The maximum absolute atomic E-state index is 12.6. The predicted octanol–water partition coefficient (Wildman–Crippen LogP) is 3.63. The number of ether oxygens (including phenoxy) is 1. The van der Waals surface area contributed by atoms with Gasteiger partial charge in [0, 0.05) is 17.8 Å². The molecule has 0 spiro atoms. The molecule has 128 valence electrons. The third-order valence-corrected chi connectivity index (χ3v) is 3.89. The summed E-state index contributed by atoms with van der Waals surface area (Å²) in [5.41, 5.74) is 3.38. The summed E-state index contributed by atoms with van der Waals surface area (Å²) in [7, 11) is 1.56. The highest BCUT2D eigenvalue weighted by Gasteiger charge is 2.20. The molecule has 0 bridgehead atoms. The number of amides is 1. The molecule has 0 radical (unpaired) electrons. The number of aryl methyl sites for hydroxylation is 1. The van der Waals surface area contributed by atoms with Gasteiger partial charge in [0.15, 0.2) is 5.69 Å². The molecule has 0 saturated heterocycles. The Hall–Kier alpha value is -2.70. The van der Waals surface area contributed by atoms with Crippen molar-refractivity contribution < 1.29 is 9.53 Å². The number of hydrogen-bond acceptors (Lipinski definition) is 4. The molecule has 6 nitrogen and oxygen atoms in total. The summed E-state index contributed by atoms with van der Waals surface area (Å²) in [5.74, 6) is -0.354. The fourth-order valence-electron chi connectivity index (χ4n) is 2.36. The van der Waals surface area contributed by atoms with Crippen LogP contribution in [-0.2, 0) is 11.3 Å². The smallest absolute Gasteiger partial charge is 0.278 e. The van der Waals surface area contributed by atoms with Crippen LogP contribution in [0.1, 0.15) is 21.7 Å². The van der Waals surface area contributed by atoms with Gasteiger partial charge in [-0.25, -0.2) is 4.68 Å². The van der Waals surface area contributed by atoms with Crippen LogP contribution in [0, 0.1) is 6.92 Å². The van der Waals surface area contributed by atoms with Crippen LogP contribution in [0.2, 0.25) is 5.02 Å². The molecule has 25 heavy (non-hydrogen) atoms. The number of nitrogens with one attached hydrogen (secondary N) is 1. The Bertz CT molecular complexity index is 873. The highest BCUT2D eigenvalue weighted by molar-refractivity contribution is 6.30. The van der Waals surface area contributed by atoms with Gasteiger partial charge < -0.3 is 10.1 Å². The van der Waals surface area contributed by atoms with Gasteiger partial charge >= 0.3 is 0 Å². The van der Waals surface area contributed by atoms with Gasteiger partial charge in [-0.3, -0.25) is 4.79 Å². The summed E-state index contributed by atoms with van der Waals surface area (Å²) in [6.45, 7) is 2.22. The first-order chi connectivity index (χ1) is 12.1.